The van der Waals surface area contributed by atoms with Crippen molar-refractivity contribution in [1.29, 1.82) is 0 Å². The average molecular weight is 1890 g/mol. The van der Waals surface area contributed by atoms with E-state index < -0.39 is 114 Å². The lowest BCUT2D eigenvalue weighted by Gasteiger charge is -2.42. The molecule has 42 heteroatoms. The number of hydrogen-bond donors (Lipinski definition) is 9. The number of anilines is 4. The molecule has 15 atom stereocenters. The zero-order valence-corrected chi connectivity index (χ0v) is 78.7. The van der Waals surface area contributed by atoms with Gasteiger partial charge in [0.15, 0.2) is 17.0 Å². The lowest BCUT2D eigenvalue weighted by atomic mass is 9.79. The van der Waals surface area contributed by atoms with Gasteiger partial charge >= 0.3 is 12.1 Å². The number of cyclic esters (lactones) is 1. The number of piperazine rings is 1. The first-order valence-electron chi connectivity index (χ1n) is 46.9. The van der Waals surface area contributed by atoms with Crippen molar-refractivity contribution in [1.82, 2.24) is 80.5 Å². The molecule has 2 bridgehead atoms. The van der Waals surface area contributed by atoms with Crippen LogP contribution in [0.25, 0.3) is 33.4 Å². The first kappa shape index (κ1) is 103. The molecular weight excluding hydrogens is 1760 g/mol. The first-order chi connectivity index (χ1) is 65.6. The van der Waals surface area contributed by atoms with E-state index in [-0.39, 0.29) is 120 Å². The largest absolute Gasteiger partial charge is 0.459 e. The van der Waals surface area contributed by atoms with Crippen molar-refractivity contribution in [3.05, 3.63) is 120 Å². The maximum atomic E-state index is 14.7. The molecule has 3 saturated heterocycles. The van der Waals surface area contributed by atoms with Gasteiger partial charge in [-0.25, -0.2) is 48.9 Å². The number of rotatable bonds is 34. The van der Waals surface area contributed by atoms with Gasteiger partial charge in [0, 0.05) is 152 Å². The minimum Gasteiger partial charge on any atom is -0.459 e. The molecule has 12 rings (SSSR count). The number of fused-ring (bicyclic) bond motifs is 5. The number of nitrogens with one attached hydrogen (secondary N) is 3. The molecule has 6 aromatic heterocycles. The van der Waals surface area contributed by atoms with Gasteiger partial charge in [-0.05, 0) is 132 Å². The van der Waals surface area contributed by atoms with Crippen LogP contribution in [0.2, 0.25) is 0 Å². The van der Waals surface area contributed by atoms with Crippen LogP contribution in [-0.4, -0.2) is 294 Å². The number of aromatic nitrogens is 12. The highest BCUT2D eigenvalue weighted by Crippen LogP contribution is 2.40. The van der Waals surface area contributed by atoms with E-state index >= 15 is 0 Å². The highest BCUT2D eigenvalue weighted by atomic mass is 16.6. The molecule has 5 aliphatic rings. The number of Topliss-reactive ketones (excluding diaryl/α,β-unsaturated/α-hetero) is 3. The normalized spacial score (nSPS) is 26.1. The summed E-state index contributed by atoms with van der Waals surface area (Å²) >= 11 is 0. The van der Waals surface area contributed by atoms with Gasteiger partial charge in [0.1, 0.15) is 65.8 Å². The van der Waals surface area contributed by atoms with Crippen molar-refractivity contribution in [2.45, 2.75) is 218 Å². The number of carbonyl (C=O) groups is 8. The van der Waals surface area contributed by atoms with Gasteiger partial charge in [-0.1, -0.05) is 69.4 Å². The number of aryl methyl sites for hydroxylation is 1. The van der Waals surface area contributed by atoms with Gasteiger partial charge in [0.05, 0.1) is 94.4 Å². The summed E-state index contributed by atoms with van der Waals surface area (Å²) < 4.78 is 61.1. The maximum absolute atomic E-state index is 14.7. The monoisotopic (exact) mass is 1890 g/mol. The molecule has 0 spiro atoms. The molecule has 42 nitrogen and oxygen atoms in total. The van der Waals surface area contributed by atoms with Gasteiger partial charge < -0.3 is 110 Å². The Hall–Kier alpha value is -11.6. The topological polar surface area (TPSA) is 556 Å². The number of allylic oxidation sites excluding steroid dienone is 6. The number of unbranched alkanes of at least 4 members (excludes halogenated alkanes) is 1. The molecule has 0 unspecified atom stereocenters. The van der Waals surface area contributed by atoms with Crippen LogP contribution in [0.3, 0.4) is 0 Å². The molecular formula is C94H131N21O21. The fraction of sp³-hybridized carbons (Fsp3) is 0.596. The lowest BCUT2D eigenvalue weighted by molar-refractivity contribution is -0.265. The zero-order chi connectivity index (χ0) is 97.0. The highest BCUT2D eigenvalue weighted by Gasteiger charge is 2.53. The number of methoxy groups -OCH3 is 2. The summed E-state index contributed by atoms with van der Waals surface area (Å²) in [7, 11) is 3.13. The van der Waals surface area contributed by atoms with Gasteiger partial charge in [-0.15, -0.1) is 5.10 Å². The third-order valence-corrected chi connectivity index (χ3v) is 25.6. The number of amides is 4. The molecule has 4 fully saturated rings. The van der Waals surface area contributed by atoms with Crippen LogP contribution >= 0.6 is 0 Å². The number of carbonyl (C=O) groups excluding carboxylic acids is 8. The number of ketones is 3. The van der Waals surface area contributed by atoms with E-state index in [1.54, 1.807) is 69.0 Å². The fourth-order valence-corrected chi connectivity index (χ4v) is 17.6. The van der Waals surface area contributed by atoms with E-state index in [1.165, 1.54) is 31.7 Å². The van der Waals surface area contributed by atoms with Crippen LogP contribution in [0, 0.1) is 29.6 Å². The number of oxazole rings is 1. The van der Waals surface area contributed by atoms with Gasteiger partial charge in [-0.2, -0.15) is 10.1 Å². The minimum absolute atomic E-state index is 0.00347. The van der Waals surface area contributed by atoms with Crippen LogP contribution in [0.15, 0.2) is 108 Å². The fourth-order valence-electron chi connectivity index (χ4n) is 17.6. The smallest absolute Gasteiger partial charge is 0.407 e. The first-order valence-corrected chi connectivity index (χ1v) is 46.9. The third kappa shape index (κ3) is 28.3. The van der Waals surface area contributed by atoms with Gasteiger partial charge in [0.2, 0.25) is 23.6 Å². The molecule has 4 amide bonds. The number of nitrogens with two attached hydrogens (primary N) is 3. The van der Waals surface area contributed by atoms with Crippen molar-refractivity contribution >= 4 is 93.0 Å². The number of alkyl carbamates (subject to hydrolysis) is 1. The van der Waals surface area contributed by atoms with E-state index in [9.17, 15) is 53.7 Å². The molecule has 10 heterocycles. The SMILES string of the molecule is CO[C@H]1C[C@@H]2CC[C@@H](C)[C@@](O)(O2)C(=O)C(=O)N2CCCC[C@H]2C(=O)O[C@H]([C@H](N)C[C@@H]2CC[C@H](n3cc(COC(=O)NCCOCCOCCOCCOCCC(=O)NCc4cnc(N5CCN(c6ncc(C(=O)NCCCCn7nc(-c8ccc9oc(N)nc9c8)c8c(N)ncnc87)cn6)CC5)nc4)nn3)[C@H](OC)C2)CC(=O)[C@H](C)/C=C(\C)[C@@H](O)[C@@H](O)C(=O)[C@H](C)C[C@H](C)/C=C/C=C/C=C/1C. The predicted molar refractivity (Wildman–Crippen MR) is 497 cm³/mol. The predicted octanol–water partition coefficient (Wildman–Crippen LogP) is 5.92. The number of esters is 1. The van der Waals surface area contributed by atoms with Crippen molar-refractivity contribution in [3.63, 3.8) is 0 Å². The highest BCUT2D eigenvalue weighted by molar-refractivity contribution is 6.39. The van der Waals surface area contributed by atoms with Crippen molar-refractivity contribution in [3.8, 4) is 11.3 Å². The minimum atomic E-state index is -2.52. The van der Waals surface area contributed by atoms with Crippen molar-refractivity contribution < 1.29 is 101 Å². The van der Waals surface area contributed by atoms with Crippen LogP contribution in [0.4, 0.5) is 28.5 Å². The molecule has 7 aromatic rings. The van der Waals surface area contributed by atoms with E-state index in [2.05, 4.69) is 66.1 Å². The van der Waals surface area contributed by atoms with E-state index in [4.69, 9.17) is 69.3 Å². The number of aliphatic hydroxyl groups excluding tert-OH is 2. The summed E-state index contributed by atoms with van der Waals surface area (Å²) in [4.78, 5) is 146. The van der Waals surface area contributed by atoms with Crippen LogP contribution in [-0.2, 0) is 91.1 Å². The summed E-state index contributed by atoms with van der Waals surface area (Å²) in [6.45, 7) is 16.1. The molecule has 738 valence electrons. The number of nitrogens with zero attached hydrogens (tertiary/aromatic N) is 15. The van der Waals surface area contributed by atoms with Crippen LogP contribution in [0.1, 0.15) is 166 Å². The lowest BCUT2D eigenvalue weighted by Crippen LogP contribution is -2.61. The maximum Gasteiger partial charge on any atom is 0.407 e. The molecule has 12 N–H and O–H groups in total. The molecule has 0 radical (unpaired) electrons. The van der Waals surface area contributed by atoms with E-state index in [0.717, 1.165) is 21.6 Å². The van der Waals surface area contributed by atoms with E-state index in [1.807, 2.05) is 61.3 Å². The van der Waals surface area contributed by atoms with Crippen LogP contribution < -0.4 is 43.0 Å². The Kier molecular flexibility index (Phi) is 38.4. The molecule has 1 aliphatic carbocycles. The molecule has 4 aliphatic heterocycles. The van der Waals surface area contributed by atoms with E-state index in [0.29, 0.717) is 187 Å². The second-order valence-corrected chi connectivity index (χ2v) is 35.6. The van der Waals surface area contributed by atoms with Crippen molar-refractivity contribution in [2.24, 2.45) is 35.3 Å². The number of hydrogen-bond acceptors (Lipinski definition) is 36. The zero-order valence-electron chi connectivity index (χ0n) is 78.7. The van der Waals surface area contributed by atoms with Crippen molar-refractivity contribution in [2.75, 3.05) is 134 Å². The Bertz CT molecular complexity index is 5270. The summed E-state index contributed by atoms with van der Waals surface area (Å²) in [6, 6.07) is 3.01. The third-order valence-electron chi connectivity index (χ3n) is 25.6. The number of nitrogen functional groups attached to an aromatic ring is 2. The Labute approximate surface area is 789 Å². The standard InChI is InChI=1S/C94H131N21O21/c1-57-16-10-9-11-17-58(2)75(127-7)47-68-22-19-62(6)94(126,136-68)84(121)88(123)113-28-14-12-18-72(113)89(124)134-76(48-73(116)59(3)43-61(5)82(119)83(120)81(118)60(4)42-57)69(95)44-63-20-23-71(77(45-63)128-8)115-54-67(108-110-115)55-133-93(125)99-27-35-130-37-39-132-41-40-131-38-36-129-34-25-78(117)100-49-64-50-101-91(102-51-64)111-30-32-112(33-31-111)92-103-52-66(53-104-92)87(122)98-26-13-15-29-114-86-79(85(96)105-56-106-86)80(109-114)65-21-24-74-70(46-65)107-90(97)135-74/h9-11,16-17,21,24,43,46,50-54,56-57,59-60,62-63,68-69,71-72,75-77,82-83,119-120,126H,12-15,18-20,22-23,25-42,44-45,47-49,55,95H2,1-8H3,(H2,97,107)(H,98,122)(H,99,125)(H,100,117)(H2,96,105,106)/b11-9+,16-10+,58-17+,61-43+/t57-,59-,60-,62-,63+,68+,69-,71+,72+,75+,76+,77-,82-,83+,94-/m1/s1. The quantitative estimate of drug-likeness (QED) is 0.00978. The molecule has 136 heavy (non-hydrogen) atoms. The Morgan fingerprint density at radius 1 is 0.728 bits per heavy atom. The number of ether oxygens (including phenoxy) is 9. The number of benzene rings is 1. The Morgan fingerprint density at radius 2 is 1.43 bits per heavy atom. The summed E-state index contributed by atoms with van der Waals surface area (Å²) in [5.74, 6) is -8.35. The number of aliphatic hydroxyl groups is 3. The van der Waals surface area contributed by atoms with Crippen LogP contribution in [0.5, 0.6) is 0 Å². The van der Waals surface area contributed by atoms with Gasteiger partial charge in [0.25, 0.3) is 23.6 Å². The van der Waals surface area contributed by atoms with Gasteiger partial charge in [-0.3, -0.25) is 28.8 Å². The summed E-state index contributed by atoms with van der Waals surface area (Å²) in [5, 5.41) is 57.3. The Morgan fingerprint density at radius 3 is 2.15 bits per heavy atom. The average Bonchev–Trinajstić information content (AvgIpc) is 1.67. The summed E-state index contributed by atoms with van der Waals surface area (Å²) in [6.07, 6.45) is 18.9. The summed E-state index contributed by atoms with van der Waals surface area (Å²) in [5.41, 5.74) is 24.8. The second kappa shape index (κ2) is 50.5. The Balaban J connectivity index is 0.496. The number of piperidine rings is 1. The molecule has 1 aromatic carbocycles. The second-order valence-electron chi connectivity index (χ2n) is 35.6. The molecule has 1 saturated carbocycles.